The monoisotopic (exact) mass is 354 g/mol. The smallest absolute Gasteiger partial charge is 0.321 e. The molecule has 7 nitrogen and oxygen atoms in total. The fourth-order valence-corrected chi connectivity index (χ4v) is 3.56. The average molecular weight is 354 g/mol. The summed E-state index contributed by atoms with van der Waals surface area (Å²) in [7, 11) is 0. The van der Waals surface area contributed by atoms with Gasteiger partial charge in [-0.3, -0.25) is 0 Å². The number of nitrogens with zero attached hydrogens (tertiary/aromatic N) is 1. The predicted octanol–water partition coefficient (Wildman–Crippen LogP) is 3.17. The molecule has 0 saturated carbocycles. The maximum Gasteiger partial charge on any atom is 0.321 e. The molecule has 134 valence electrons. The van der Waals surface area contributed by atoms with Gasteiger partial charge in [0.15, 0.2) is 23.0 Å². The molecule has 1 saturated heterocycles. The molecule has 0 aliphatic carbocycles. The van der Waals surface area contributed by atoms with Gasteiger partial charge in [0.25, 0.3) is 0 Å². The fourth-order valence-electron chi connectivity index (χ4n) is 3.56. The van der Waals surface area contributed by atoms with Crippen LogP contribution in [0.4, 0.5) is 10.5 Å². The van der Waals surface area contributed by atoms with Crippen LogP contribution in [0, 0.1) is 0 Å². The Hall–Kier alpha value is -3.09. The van der Waals surface area contributed by atoms with Gasteiger partial charge in [0, 0.05) is 30.8 Å². The topological polar surface area (TPSA) is 69.3 Å². The van der Waals surface area contributed by atoms with Gasteiger partial charge in [0.1, 0.15) is 0 Å². The lowest BCUT2D eigenvalue weighted by Gasteiger charge is -2.18. The van der Waals surface area contributed by atoms with Crippen molar-refractivity contribution in [3.05, 3.63) is 42.0 Å². The normalized spacial score (nSPS) is 19.7. The van der Waals surface area contributed by atoms with Crippen LogP contribution in [0.25, 0.3) is 0 Å². The molecule has 3 aliphatic rings. The first kappa shape index (κ1) is 15.2. The number of carbonyl (C=O) groups is 1. The van der Waals surface area contributed by atoms with Crippen LogP contribution in [0.15, 0.2) is 36.4 Å². The first-order chi connectivity index (χ1) is 12.8. The highest BCUT2D eigenvalue weighted by atomic mass is 16.7. The summed E-state index contributed by atoms with van der Waals surface area (Å²) in [6.07, 6.45) is 0.925. The predicted molar refractivity (Wildman–Crippen MR) is 93.1 cm³/mol. The number of carbonyl (C=O) groups excluding carboxylic acids is 1. The number of hydrogen-bond acceptors (Lipinski definition) is 5. The molecule has 0 spiro atoms. The molecule has 0 aromatic heterocycles. The van der Waals surface area contributed by atoms with E-state index in [2.05, 4.69) is 11.4 Å². The lowest BCUT2D eigenvalue weighted by atomic mass is 9.98. The zero-order valence-electron chi connectivity index (χ0n) is 14.1. The van der Waals surface area contributed by atoms with Crippen molar-refractivity contribution in [1.29, 1.82) is 0 Å². The van der Waals surface area contributed by atoms with Crippen molar-refractivity contribution in [2.24, 2.45) is 0 Å². The molecular formula is C19H18N2O5. The minimum Gasteiger partial charge on any atom is -0.454 e. The Kier molecular flexibility index (Phi) is 3.51. The van der Waals surface area contributed by atoms with Gasteiger partial charge in [-0.1, -0.05) is 6.07 Å². The van der Waals surface area contributed by atoms with Crippen LogP contribution in [0.5, 0.6) is 23.0 Å². The molecule has 1 fully saturated rings. The fraction of sp³-hybridized carbons (Fsp3) is 0.316. The van der Waals surface area contributed by atoms with E-state index >= 15 is 0 Å². The van der Waals surface area contributed by atoms with E-state index in [9.17, 15) is 4.79 Å². The Balaban J connectivity index is 1.25. The summed E-state index contributed by atoms with van der Waals surface area (Å²) < 4.78 is 21.4. The van der Waals surface area contributed by atoms with E-state index in [1.807, 2.05) is 23.1 Å². The number of hydrogen-bond donors (Lipinski definition) is 1. The Morgan fingerprint density at radius 3 is 2.42 bits per heavy atom. The number of likely N-dealkylation sites (tertiary alicyclic amines) is 1. The third-order valence-electron chi connectivity index (χ3n) is 4.97. The second-order valence-corrected chi connectivity index (χ2v) is 6.54. The second-order valence-electron chi connectivity index (χ2n) is 6.54. The van der Waals surface area contributed by atoms with Gasteiger partial charge in [-0.25, -0.2) is 4.79 Å². The molecule has 3 heterocycles. The Labute approximate surface area is 150 Å². The SMILES string of the molecule is O=C(Nc1ccc2c(c1)OCO2)N1CCC(c2ccc3c(c2)OCO3)C1. The number of amides is 2. The van der Waals surface area contributed by atoms with Gasteiger partial charge in [0.2, 0.25) is 13.6 Å². The molecule has 2 aromatic rings. The molecule has 1 unspecified atom stereocenters. The van der Waals surface area contributed by atoms with Crippen molar-refractivity contribution >= 4 is 11.7 Å². The summed E-state index contributed by atoms with van der Waals surface area (Å²) in [6, 6.07) is 11.3. The standard InChI is InChI=1S/C19H18N2O5/c22-19(20-14-2-4-16-18(8-14)26-11-24-16)21-6-5-13(9-21)12-1-3-15-17(7-12)25-10-23-15/h1-4,7-8,13H,5-6,9-11H2,(H,20,22). The highest BCUT2D eigenvalue weighted by molar-refractivity contribution is 5.90. The largest absolute Gasteiger partial charge is 0.454 e. The van der Waals surface area contributed by atoms with Crippen molar-refractivity contribution in [3.63, 3.8) is 0 Å². The third kappa shape index (κ3) is 2.65. The number of ether oxygens (including phenoxy) is 4. The summed E-state index contributed by atoms with van der Waals surface area (Å²) >= 11 is 0. The lowest BCUT2D eigenvalue weighted by Crippen LogP contribution is -2.32. The lowest BCUT2D eigenvalue weighted by molar-refractivity contribution is 0.173. The van der Waals surface area contributed by atoms with Crippen LogP contribution in [0.3, 0.4) is 0 Å². The molecule has 3 aliphatic heterocycles. The molecule has 0 radical (unpaired) electrons. The van der Waals surface area contributed by atoms with Crippen LogP contribution in [-0.2, 0) is 0 Å². The number of urea groups is 1. The first-order valence-corrected chi connectivity index (χ1v) is 8.61. The van der Waals surface area contributed by atoms with E-state index in [1.165, 1.54) is 5.56 Å². The summed E-state index contributed by atoms with van der Waals surface area (Å²) in [6.45, 7) is 1.88. The van der Waals surface area contributed by atoms with Crippen molar-refractivity contribution in [1.82, 2.24) is 4.90 Å². The van der Waals surface area contributed by atoms with Gasteiger partial charge in [-0.05, 0) is 36.2 Å². The third-order valence-corrected chi connectivity index (χ3v) is 4.97. The number of nitrogens with one attached hydrogen (secondary N) is 1. The van der Waals surface area contributed by atoms with Gasteiger partial charge in [0.05, 0.1) is 0 Å². The van der Waals surface area contributed by atoms with Crippen molar-refractivity contribution in [3.8, 4) is 23.0 Å². The molecule has 26 heavy (non-hydrogen) atoms. The van der Waals surface area contributed by atoms with Gasteiger partial charge < -0.3 is 29.2 Å². The highest BCUT2D eigenvalue weighted by Crippen LogP contribution is 2.37. The Bertz CT molecular complexity index is 869. The number of rotatable bonds is 2. The summed E-state index contributed by atoms with van der Waals surface area (Å²) in [5.74, 6) is 3.22. The minimum absolute atomic E-state index is 0.105. The molecule has 1 N–H and O–H groups in total. The summed E-state index contributed by atoms with van der Waals surface area (Å²) in [5.41, 5.74) is 1.87. The van der Waals surface area contributed by atoms with E-state index in [-0.39, 0.29) is 19.6 Å². The number of benzene rings is 2. The molecule has 2 aromatic carbocycles. The number of anilines is 1. The van der Waals surface area contributed by atoms with Crippen molar-refractivity contribution < 1.29 is 23.7 Å². The summed E-state index contributed by atoms with van der Waals surface area (Å²) in [5, 5.41) is 2.93. The van der Waals surface area contributed by atoms with E-state index in [0.717, 1.165) is 24.5 Å². The molecular weight excluding hydrogens is 336 g/mol. The average Bonchev–Trinajstić information content (AvgIpc) is 3.39. The Morgan fingerprint density at radius 1 is 0.923 bits per heavy atom. The van der Waals surface area contributed by atoms with E-state index in [0.29, 0.717) is 29.6 Å². The second kappa shape index (κ2) is 6.01. The van der Waals surface area contributed by atoms with Crippen molar-refractivity contribution in [2.45, 2.75) is 12.3 Å². The van der Waals surface area contributed by atoms with Gasteiger partial charge >= 0.3 is 6.03 Å². The Morgan fingerprint density at radius 2 is 1.62 bits per heavy atom. The first-order valence-electron chi connectivity index (χ1n) is 8.61. The van der Waals surface area contributed by atoms with E-state index < -0.39 is 0 Å². The van der Waals surface area contributed by atoms with Crippen molar-refractivity contribution in [2.75, 3.05) is 32.0 Å². The maximum atomic E-state index is 12.6. The number of fused-ring (bicyclic) bond motifs is 2. The quantitative estimate of drug-likeness (QED) is 0.897. The molecule has 1 atom stereocenters. The molecule has 0 bridgehead atoms. The molecule has 5 rings (SSSR count). The van der Waals surface area contributed by atoms with Crippen LogP contribution in [0.2, 0.25) is 0 Å². The summed E-state index contributed by atoms with van der Waals surface area (Å²) in [4.78, 5) is 14.4. The van der Waals surface area contributed by atoms with Crippen LogP contribution < -0.4 is 24.3 Å². The van der Waals surface area contributed by atoms with Gasteiger partial charge in [-0.2, -0.15) is 0 Å². The van der Waals surface area contributed by atoms with Crippen LogP contribution >= 0.6 is 0 Å². The van der Waals surface area contributed by atoms with E-state index in [4.69, 9.17) is 18.9 Å². The highest BCUT2D eigenvalue weighted by Gasteiger charge is 2.29. The maximum absolute atomic E-state index is 12.6. The van der Waals surface area contributed by atoms with Crippen LogP contribution in [-0.4, -0.2) is 37.6 Å². The molecule has 2 amide bonds. The van der Waals surface area contributed by atoms with Crippen LogP contribution in [0.1, 0.15) is 17.9 Å². The molecule has 7 heteroatoms. The van der Waals surface area contributed by atoms with E-state index in [1.54, 1.807) is 12.1 Å². The minimum atomic E-state index is -0.105. The zero-order chi connectivity index (χ0) is 17.5. The zero-order valence-corrected chi connectivity index (χ0v) is 14.1. The van der Waals surface area contributed by atoms with Gasteiger partial charge in [-0.15, -0.1) is 0 Å².